The van der Waals surface area contributed by atoms with Crippen LogP contribution in [0.3, 0.4) is 0 Å². The number of carbonyl (C=O) groups excluding carboxylic acids is 1. The second-order valence-corrected chi connectivity index (χ2v) is 6.62. The Morgan fingerprint density at radius 2 is 2.27 bits per heavy atom. The van der Waals surface area contributed by atoms with Crippen molar-refractivity contribution in [2.45, 2.75) is 25.8 Å². The molecule has 1 amide bonds. The van der Waals surface area contributed by atoms with Gasteiger partial charge in [-0.05, 0) is 25.8 Å². The van der Waals surface area contributed by atoms with Gasteiger partial charge in [-0.15, -0.1) is 11.3 Å². The highest BCUT2D eigenvalue weighted by Gasteiger charge is 2.32. The van der Waals surface area contributed by atoms with Crippen LogP contribution < -0.4 is 5.73 Å². The number of rotatable bonds is 3. The van der Waals surface area contributed by atoms with Crippen molar-refractivity contribution >= 4 is 17.2 Å². The van der Waals surface area contributed by atoms with Crippen LogP contribution >= 0.6 is 11.3 Å². The molecule has 1 aliphatic rings. The van der Waals surface area contributed by atoms with Crippen LogP contribution in [-0.4, -0.2) is 34.9 Å². The third-order valence-corrected chi connectivity index (χ3v) is 4.97. The largest absolute Gasteiger partial charge is 0.333 e. The van der Waals surface area contributed by atoms with Gasteiger partial charge >= 0.3 is 0 Å². The summed E-state index contributed by atoms with van der Waals surface area (Å²) in [5.41, 5.74) is 6.52. The number of hydrogen-bond donors (Lipinski definition) is 1. The van der Waals surface area contributed by atoms with Gasteiger partial charge in [-0.3, -0.25) is 4.79 Å². The zero-order chi connectivity index (χ0) is 15.7. The van der Waals surface area contributed by atoms with Crippen molar-refractivity contribution in [1.29, 1.82) is 0 Å². The third-order valence-electron chi connectivity index (χ3n) is 3.97. The zero-order valence-corrected chi connectivity index (χ0v) is 13.2. The van der Waals surface area contributed by atoms with E-state index >= 15 is 0 Å². The van der Waals surface area contributed by atoms with E-state index in [0.29, 0.717) is 29.2 Å². The summed E-state index contributed by atoms with van der Waals surface area (Å²) in [6.07, 6.45) is 1.87. The van der Waals surface area contributed by atoms with Gasteiger partial charge in [0.2, 0.25) is 0 Å². The molecule has 0 saturated carbocycles. The summed E-state index contributed by atoms with van der Waals surface area (Å²) in [5.74, 6) is -0.479. The third kappa shape index (κ3) is 2.64. The first kappa shape index (κ1) is 15.1. The first-order chi connectivity index (χ1) is 10.6. The van der Waals surface area contributed by atoms with Crippen LogP contribution in [0.2, 0.25) is 0 Å². The van der Waals surface area contributed by atoms with Gasteiger partial charge in [0, 0.05) is 24.7 Å². The lowest BCUT2D eigenvalue weighted by atomic mass is 10.1. The Hall–Kier alpha value is -1.79. The van der Waals surface area contributed by atoms with Crippen molar-refractivity contribution in [1.82, 2.24) is 9.88 Å². The number of nitrogens with zero attached hydrogens (tertiary/aromatic N) is 2. The summed E-state index contributed by atoms with van der Waals surface area (Å²) in [4.78, 5) is 19.6. The fraction of sp³-hybridized carbons (Fsp3) is 0.375. The van der Waals surface area contributed by atoms with Crippen LogP contribution in [0.25, 0.3) is 10.4 Å². The lowest BCUT2D eigenvalue weighted by molar-refractivity contribution is 0.0736. The van der Waals surface area contributed by atoms with Crippen molar-refractivity contribution in [3.8, 4) is 10.4 Å². The van der Waals surface area contributed by atoms with Crippen LogP contribution in [0, 0.1) is 12.7 Å². The summed E-state index contributed by atoms with van der Waals surface area (Å²) in [5, 5.41) is 0.755. The van der Waals surface area contributed by atoms with Crippen LogP contribution in [0.4, 0.5) is 4.39 Å². The van der Waals surface area contributed by atoms with Crippen LogP contribution in [0.5, 0.6) is 0 Å². The van der Waals surface area contributed by atoms with Gasteiger partial charge in [-0.1, -0.05) is 18.2 Å². The minimum atomic E-state index is -0.336. The molecule has 1 fully saturated rings. The minimum Gasteiger partial charge on any atom is -0.333 e. The maximum Gasteiger partial charge on any atom is 0.274 e. The Morgan fingerprint density at radius 3 is 3.00 bits per heavy atom. The first-order valence-corrected chi connectivity index (χ1v) is 8.17. The number of hydrogen-bond acceptors (Lipinski definition) is 4. The molecule has 1 aliphatic heterocycles. The van der Waals surface area contributed by atoms with E-state index in [0.717, 1.165) is 17.8 Å². The van der Waals surface area contributed by atoms with Gasteiger partial charge in [0.25, 0.3) is 5.91 Å². The first-order valence-electron chi connectivity index (χ1n) is 7.35. The van der Waals surface area contributed by atoms with Gasteiger partial charge in [0.1, 0.15) is 11.5 Å². The SMILES string of the molecule is Cc1nc(C(=O)N2CCC[C@H]2CN)c(-c2ccccc2F)s1. The lowest BCUT2D eigenvalue weighted by Crippen LogP contribution is -2.40. The fourth-order valence-corrected chi connectivity index (χ4v) is 3.82. The van der Waals surface area contributed by atoms with Crippen LogP contribution in [0.15, 0.2) is 24.3 Å². The monoisotopic (exact) mass is 319 g/mol. The summed E-state index contributed by atoms with van der Waals surface area (Å²) >= 11 is 1.35. The summed E-state index contributed by atoms with van der Waals surface area (Å²) in [6, 6.07) is 6.54. The summed E-state index contributed by atoms with van der Waals surface area (Å²) in [7, 11) is 0. The number of likely N-dealkylation sites (tertiary alicyclic amines) is 1. The number of aryl methyl sites for hydroxylation is 1. The molecule has 1 saturated heterocycles. The number of nitrogens with two attached hydrogens (primary N) is 1. The molecule has 0 unspecified atom stereocenters. The Labute approximate surface area is 132 Å². The predicted octanol–water partition coefficient (Wildman–Crippen LogP) is 2.82. The van der Waals surface area contributed by atoms with E-state index in [2.05, 4.69) is 4.98 Å². The van der Waals surface area contributed by atoms with E-state index in [-0.39, 0.29) is 17.8 Å². The normalized spacial score (nSPS) is 18.0. The van der Waals surface area contributed by atoms with Gasteiger partial charge in [0.05, 0.1) is 9.88 Å². The number of amides is 1. The molecule has 4 nitrogen and oxygen atoms in total. The second kappa shape index (κ2) is 6.14. The molecule has 1 aromatic heterocycles. The maximum atomic E-state index is 14.1. The molecule has 2 heterocycles. The van der Waals surface area contributed by atoms with E-state index in [1.807, 2.05) is 6.92 Å². The van der Waals surface area contributed by atoms with Crippen molar-refractivity contribution in [2.24, 2.45) is 5.73 Å². The highest BCUT2D eigenvalue weighted by atomic mass is 32.1. The lowest BCUT2D eigenvalue weighted by Gasteiger charge is -2.23. The molecule has 2 aromatic rings. The molecule has 1 atom stereocenters. The number of benzene rings is 1. The van der Waals surface area contributed by atoms with Crippen molar-refractivity contribution in [3.63, 3.8) is 0 Å². The maximum absolute atomic E-state index is 14.1. The van der Waals surface area contributed by atoms with Crippen LogP contribution in [0.1, 0.15) is 28.3 Å². The highest BCUT2D eigenvalue weighted by molar-refractivity contribution is 7.15. The van der Waals surface area contributed by atoms with Gasteiger partial charge < -0.3 is 10.6 Å². The molecule has 3 rings (SSSR count). The van der Waals surface area contributed by atoms with Crippen molar-refractivity contribution < 1.29 is 9.18 Å². The van der Waals surface area contributed by atoms with E-state index < -0.39 is 0 Å². The molecule has 22 heavy (non-hydrogen) atoms. The van der Waals surface area contributed by atoms with E-state index in [4.69, 9.17) is 5.73 Å². The van der Waals surface area contributed by atoms with Crippen LogP contribution in [-0.2, 0) is 0 Å². The Bertz CT molecular complexity index is 700. The minimum absolute atomic E-state index is 0.0583. The van der Waals surface area contributed by atoms with Gasteiger partial charge in [-0.2, -0.15) is 0 Å². The molecule has 0 spiro atoms. The summed E-state index contributed by atoms with van der Waals surface area (Å²) in [6.45, 7) is 2.97. The van der Waals surface area contributed by atoms with Crippen molar-refractivity contribution in [2.75, 3.05) is 13.1 Å². The Morgan fingerprint density at radius 1 is 1.50 bits per heavy atom. The predicted molar refractivity (Wildman–Crippen MR) is 85.4 cm³/mol. The molecule has 116 valence electrons. The fourth-order valence-electron chi connectivity index (χ4n) is 2.88. The summed E-state index contributed by atoms with van der Waals surface area (Å²) < 4.78 is 14.1. The molecular weight excluding hydrogens is 301 g/mol. The number of halogens is 1. The Balaban J connectivity index is 2.02. The van der Waals surface area contributed by atoms with E-state index in [1.165, 1.54) is 17.4 Å². The zero-order valence-electron chi connectivity index (χ0n) is 12.4. The molecular formula is C16H18FN3OS. The average molecular weight is 319 g/mol. The van der Waals surface area contributed by atoms with Crippen molar-refractivity contribution in [3.05, 3.63) is 40.8 Å². The highest BCUT2D eigenvalue weighted by Crippen LogP contribution is 2.33. The smallest absolute Gasteiger partial charge is 0.274 e. The molecule has 0 aliphatic carbocycles. The number of carbonyl (C=O) groups is 1. The molecule has 6 heteroatoms. The topological polar surface area (TPSA) is 59.2 Å². The van der Waals surface area contributed by atoms with Gasteiger partial charge in [-0.25, -0.2) is 9.37 Å². The quantitative estimate of drug-likeness (QED) is 0.946. The van der Waals surface area contributed by atoms with Gasteiger partial charge in [0.15, 0.2) is 0 Å². The van der Waals surface area contributed by atoms with E-state index in [1.54, 1.807) is 23.1 Å². The standard InChI is InChI=1S/C16H18FN3OS/c1-10-19-14(16(21)20-8-4-5-11(20)9-18)15(22-10)12-6-2-3-7-13(12)17/h2-3,6-7,11H,4-5,8-9,18H2,1H3/t11-/m0/s1. The van der Waals surface area contributed by atoms with E-state index in [9.17, 15) is 9.18 Å². The average Bonchev–Trinajstić information content (AvgIpc) is 3.13. The molecule has 1 aromatic carbocycles. The number of thiazole rings is 1. The number of aromatic nitrogens is 1. The molecule has 0 bridgehead atoms. The second-order valence-electron chi connectivity index (χ2n) is 5.42. The molecule has 0 radical (unpaired) electrons. The Kier molecular flexibility index (Phi) is 4.22. The molecule has 2 N–H and O–H groups in total.